The summed E-state index contributed by atoms with van der Waals surface area (Å²) in [6, 6.07) is 3.18. The van der Waals surface area contributed by atoms with Crippen LogP contribution in [0, 0.1) is 5.82 Å². The van der Waals surface area contributed by atoms with E-state index in [0.717, 1.165) is 12.1 Å². The van der Waals surface area contributed by atoms with Crippen LogP contribution in [0.4, 0.5) is 22.4 Å². The molecule has 9 heteroatoms. The van der Waals surface area contributed by atoms with Gasteiger partial charge in [0, 0.05) is 5.70 Å². The highest BCUT2D eigenvalue weighted by molar-refractivity contribution is 5.95. The molecule has 0 bridgehead atoms. The fourth-order valence-electron chi connectivity index (χ4n) is 2.09. The van der Waals surface area contributed by atoms with E-state index in [1.165, 1.54) is 19.1 Å². The lowest BCUT2D eigenvalue weighted by atomic mass is 9.95. The number of hydrogen-bond acceptors (Lipinski definition) is 3. The Labute approximate surface area is 128 Å². The van der Waals surface area contributed by atoms with Crippen molar-refractivity contribution < 1.29 is 31.9 Å². The van der Waals surface area contributed by atoms with Gasteiger partial charge in [-0.15, -0.1) is 0 Å². The predicted octanol–water partition coefficient (Wildman–Crippen LogP) is 2.56. The fraction of sp³-hybridized carbons (Fsp3) is 0.286. The standard InChI is InChI=1S/C14H12F4N2O3/c1-7-10(12(21)23-6-14(16,17)18)11(20-13(22)19-7)8-2-4-9(15)5-3-8/h2-5,11H,6H2,1H3,(H2,19,20,22)/t11-/m1/s1. The third kappa shape index (κ3) is 4.21. The Kier molecular flexibility index (Phi) is 4.57. The Balaban J connectivity index is 2.31. The molecule has 0 saturated carbocycles. The molecule has 0 unspecified atom stereocenters. The van der Waals surface area contributed by atoms with Gasteiger partial charge in [-0.25, -0.2) is 14.0 Å². The summed E-state index contributed by atoms with van der Waals surface area (Å²) in [4.78, 5) is 23.5. The van der Waals surface area contributed by atoms with Gasteiger partial charge in [0.1, 0.15) is 5.82 Å². The van der Waals surface area contributed by atoms with Gasteiger partial charge >= 0.3 is 18.2 Å². The summed E-state index contributed by atoms with van der Waals surface area (Å²) in [5, 5.41) is 4.69. The number of carbonyl (C=O) groups excluding carboxylic acids is 2. The highest BCUT2D eigenvalue weighted by Gasteiger charge is 2.35. The Bertz CT molecular complexity index is 653. The van der Waals surface area contributed by atoms with E-state index in [1.54, 1.807) is 0 Å². The maximum Gasteiger partial charge on any atom is 0.422 e. The summed E-state index contributed by atoms with van der Waals surface area (Å²) in [6.07, 6.45) is -4.67. The molecule has 23 heavy (non-hydrogen) atoms. The molecule has 0 spiro atoms. The summed E-state index contributed by atoms with van der Waals surface area (Å²) < 4.78 is 53.8. The van der Waals surface area contributed by atoms with Gasteiger partial charge in [0.05, 0.1) is 11.6 Å². The van der Waals surface area contributed by atoms with Crippen molar-refractivity contribution in [1.29, 1.82) is 0 Å². The quantitative estimate of drug-likeness (QED) is 0.660. The average Bonchev–Trinajstić information content (AvgIpc) is 2.44. The highest BCUT2D eigenvalue weighted by Crippen LogP contribution is 2.28. The van der Waals surface area contributed by atoms with E-state index >= 15 is 0 Å². The highest BCUT2D eigenvalue weighted by atomic mass is 19.4. The van der Waals surface area contributed by atoms with Crippen molar-refractivity contribution in [2.75, 3.05) is 6.61 Å². The predicted molar refractivity (Wildman–Crippen MR) is 70.5 cm³/mol. The molecular formula is C14H12F4N2O3. The van der Waals surface area contributed by atoms with Crippen LogP contribution in [0.2, 0.25) is 0 Å². The maximum atomic E-state index is 13.0. The minimum absolute atomic E-state index is 0.0650. The minimum atomic E-state index is -4.67. The normalized spacial score (nSPS) is 18.3. The molecule has 1 atom stereocenters. The summed E-state index contributed by atoms with van der Waals surface area (Å²) in [6.45, 7) is -0.383. The number of hydrogen-bond donors (Lipinski definition) is 2. The average molecular weight is 332 g/mol. The molecule has 1 aliphatic rings. The Morgan fingerprint density at radius 1 is 1.26 bits per heavy atom. The Hall–Kier alpha value is -2.58. The number of esters is 1. The van der Waals surface area contributed by atoms with E-state index in [9.17, 15) is 27.2 Å². The van der Waals surface area contributed by atoms with Gasteiger partial charge in [0.2, 0.25) is 0 Å². The summed E-state index contributed by atoms with van der Waals surface area (Å²) in [7, 11) is 0. The van der Waals surface area contributed by atoms with Gasteiger partial charge in [-0.1, -0.05) is 12.1 Å². The van der Waals surface area contributed by atoms with Crippen molar-refractivity contribution in [3.8, 4) is 0 Å². The zero-order valence-corrected chi connectivity index (χ0v) is 11.8. The number of amides is 2. The van der Waals surface area contributed by atoms with E-state index < -0.39 is 36.6 Å². The number of halogens is 4. The summed E-state index contributed by atoms with van der Waals surface area (Å²) in [5.74, 6) is -1.75. The van der Waals surface area contributed by atoms with Crippen LogP contribution in [0.3, 0.4) is 0 Å². The van der Waals surface area contributed by atoms with Crippen LogP contribution in [0.25, 0.3) is 0 Å². The molecule has 124 valence electrons. The van der Waals surface area contributed by atoms with Crippen LogP contribution < -0.4 is 10.6 Å². The molecule has 0 aliphatic carbocycles. The molecule has 0 radical (unpaired) electrons. The van der Waals surface area contributed by atoms with Crippen LogP contribution >= 0.6 is 0 Å². The van der Waals surface area contributed by atoms with E-state index in [1.807, 2.05) is 0 Å². The third-order valence-corrected chi connectivity index (χ3v) is 3.06. The van der Waals surface area contributed by atoms with Crippen molar-refractivity contribution in [1.82, 2.24) is 10.6 Å². The Morgan fingerprint density at radius 2 is 1.87 bits per heavy atom. The van der Waals surface area contributed by atoms with E-state index in [4.69, 9.17) is 0 Å². The van der Waals surface area contributed by atoms with Crippen molar-refractivity contribution >= 4 is 12.0 Å². The molecule has 1 aromatic carbocycles. The number of nitrogens with one attached hydrogen (secondary N) is 2. The smallest absolute Gasteiger partial charge is 0.422 e. The Morgan fingerprint density at radius 3 is 2.43 bits per heavy atom. The fourth-order valence-corrected chi connectivity index (χ4v) is 2.09. The summed E-state index contributed by atoms with van der Waals surface area (Å²) in [5.41, 5.74) is 0.218. The molecule has 2 amide bonds. The number of urea groups is 1. The third-order valence-electron chi connectivity index (χ3n) is 3.06. The van der Waals surface area contributed by atoms with E-state index in [-0.39, 0.29) is 11.3 Å². The van der Waals surface area contributed by atoms with Crippen molar-refractivity contribution in [3.63, 3.8) is 0 Å². The van der Waals surface area contributed by atoms with Crippen molar-refractivity contribution in [2.24, 2.45) is 0 Å². The first kappa shape index (κ1) is 16.8. The van der Waals surface area contributed by atoms with Crippen LogP contribution in [-0.4, -0.2) is 24.8 Å². The minimum Gasteiger partial charge on any atom is -0.453 e. The lowest BCUT2D eigenvalue weighted by molar-refractivity contribution is -0.183. The van der Waals surface area contributed by atoms with Crippen LogP contribution in [0.5, 0.6) is 0 Å². The van der Waals surface area contributed by atoms with Crippen molar-refractivity contribution in [2.45, 2.75) is 19.1 Å². The van der Waals surface area contributed by atoms with Gasteiger partial charge in [-0.3, -0.25) is 0 Å². The molecular weight excluding hydrogens is 320 g/mol. The van der Waals surface area contributed by atoms with Crippen LogP contribution in [-0.2, 0) is 9.53 Å². The van der Waals surface area contributed by atoms with Gasteiger partial charge < -0.3 is 15.4 Å². The SMILES string of the molecule is CC1=C(C(=O)OCC(F)(F)F)[C@@H](c2ccc(F)cc2)NC(=O)N1. The second kappa shape index (κ2) is 6.27. The molecule has 1 heterocycles. The lowest BCUT2D eigenvalue weighted by Gasteiger charge is -2.28. The first-order valence-corrected chi connectivity index (χ1v) is 6.45. The molecule has 1 aliphatic heterocycles. The molecule has 2 rings (SSSR count). The number of alkyl halides is 3. The van der Waals surface area contributed by atoms with Gasteiger partial charge in [0.25, 0.3) is 0 Å². The first-order chi connectivity index (χ1) is 10.7. The number of allylic oxidation sites excluding steroid dienone is 1. The molecule has 5 nitrogen and oxygen atoms in total. The molecule has 2 N–H and O–H groups in total. The van der Waals surface area contributed by atoms with E-state index in [2.05, 4.69) is 15.4 Å². The van der Waals surface area contributed by atoms with Crippen molar-refractivity contribution in [3.05, 3.63) is 46.9 Å². The van der Waals surface area contributed by atoms with Gasteiger partial charge in [0.15, 0.2) is 6.61 Å². The zero-order chi connectivity index (χ0) is 17.2. The molecule has 0 aromatic heterocycles. The van der Waals surface area contributed by atoms with Crippen LogP contribution in [0.1, 0.15) is 18.5 Å². The van der Waals surface area contributed by atoms with Gasteiger partial charge in [-0.05, 0) is 24.6 Å². The van der Waals surface area contributed by atoms with E-state index in [0.29, 0.717) is 5.56 Å². The topological polar surface area (TPSA) is 67.4 Å². The largest absolute Gasteiger partial charge is 0.453 e. The number of rotatable bonds is 3. The summed E-state index contributed by atoms with van der Waals surface area (Å²) >= 11 is 0. The first-order valence-electron chi connectivity index (χ1n) is 6.45. The number of carbonyl (C=O) groups is 2. The molecule has 1 aromatic rings. The number of benzene rings is 1. The number of ether oxygens (including phenoxy) is 1. The second-order valence-electron chi connectivity index (χ2n) is 4.81. The van der Waals surface area contributed by atoms with Crippen LogP contribution in [0.15, 0.2) is 35.5 Å². The van der Waals surface area contributed by atoms with Gasteiger partial charge in [-0.2, -0.15) is 13.2 Å². The maximum absolute atomic E-state index is 13.0. The lowest BCUT2D eigenvalue weighted by Crippen LogP contribution is -2.45. The zero-order valence-electron chi connectivity index (χ0n) is 11.8. The monoisotopic (exact) mass is 332 g/mol. The molecule has 0 fully saturated rings. The molecule has 0 saturated heterocycles. The second-order valence-corrected chi connectivity index (χ2v) is 4.81.